The van der Waals surface area contributed by atoms with E-state index in [2.05, 4.69) is 5.32 Å². The fourth-order valence-corrected chi connectivity index (χ4v) is 4.06. The van der Waals surface area contributed by atoms with E-state index in [1.54, 1.807) is 18.5 Å². The van der Waals surface area contributed by atoms with Crippen molar-refractivity contribution in [3.8, 4) is 0 Å². The van der Waals surface area contributed by atoms with Gasteiger partial charge in [-0.1, -0.05) is 0 Å². The van der Waals surface area contributed by atoms with Gasteiger partial charge in [0.25, 0.3) is 10.2 Å². The molecule has 8 heteroatoms. The minimum atomic E-state index is -3.48. The lowest BCUT2D eigenvalue weighted by atomic mass is 10.1. The normalized spacial score (nSPS) is 25.2. The Morgan fingerprint density at radius 3 is 2.25 bits per heavy atom. The van der Waals surface area contributed by atoms with Crippen LogP contribution in [0.25, 0.3) is 0 Å². The minimum Gasteiger partial charge on any atom is -0.383 e. The Bertz CT molecular complexity index is 369. The van der Waals surface area contributed by atoms with Gasteiger partial charge in [-0.2, -0.15) is 17.0 Å². The largest absolute Gasteiger partial charge is 0.383 e. The maximum atomic E-state index is 12.8. The van der Waals surface area contributed by atoms with Crippen molar-refractivity contribution in [3.63, 3.8) is 0 Å². The van der Waals surface area contributed by atoms with Crippen LogP contribution in [0.3, 0.4) is 0 Å². The first-order valence-corrected chi connectivity index (χ1v) is 8.33. The van der Waals surface area contributed by atoms with E-state index in [9.17, 15) is 8.42 Å². The van der Waals surface area contributed by atoms with Gasteiger partial charge in [-0.05, 0) is 13.8 Å². The minimum absolute atomic E-state index is 0.0682. The van der Waals surface area contributed by atoms with Gasteiger partial charge in [-0.3, -0.25) is 0 Å². The number of ether oxygens (including phenoxy) is 2. The van der Waals surface area contributed by atoms with Crippen molar-refractivity contribution in [1.29, 1.82) is 0 Å². The predicted molar refractivity (Wildman–Crippen MR) is 77.9 cm³/mol. The van der Waals surface area contributed by atoms with Crippen LogP contribution < -0.4 is 5.32 Å². The van der Waals surface area contributed by atoms with E-state index in [1.165, 1.54) is 4.31 Å². The lowest BCUT2D eigenvalue weighted by Gasteiger charge is -2.40. The Morgan fingerprint density at radius 1 is 1.20 bits per heavy atom. The van der Waals surface area contributed by atoms with Crippen LogP contribution in [0.15, 0.2) is 0 Å². The molecule has 2 unspecified atom stereocenters. The number of hydrogen-bond acceptors (Lipinski definition) is 5. The Balaban J connectivity index is 2.84. The quantitative estimate of drug-likeness (QED) is 0.655. The smallest absolute Gasteiger partial charge is 0.282 e. The van der Waals surface area contributed by atoms with Crippen LogP contribution in [0.1, 0.15) is 13.8 Å². The fourth-order valence-electron chi connectivity index (χ4n) is 2.23. The van der Waals surface area contributed by atoms with Crippen LogP contribution in [-0.2, 0) is 19.7 Å². The molecule has 0 saturated carbocycles. The summed E-state index contributed by atoms with van der Waals surface area (Å²) in [4.78, 5) is 0. The monoisotopic (exact) mass is 309 g/mol. The maximum Gasteiger partial charge on any atom is 0.282 e. The molecule has 1 fully saturated rings. The molecule has 0 bridgehead atoms. The molecule has 20 heavy (non-hydrogen) atoms. The Morgan fingerprint density at radius 2 is 1.75 bits per heavy atom. The lowest BCUT2D eigenvalue weighted by Crippen LogP contribution is -2.60. The van der Waals surface area contributed by atoms with Gasteiger partial charge in [-0.15, -0.1) is 0 Å². The van der Waals surface area contributed by atoms with Gasteiger partial charge in [0, 0.05) is 52.5 Å². The van der Waals surface area contributed by atoms with E-state index in [-0.39, 0.29) is 12.1 Å². The molecule has 1 aliphatic heterocycles. The van der Waals surface area contributed by atoms with E-state index in [0.717, 1.165) is 0 Å². The summed E-state index contributed by atoms with van der Waals surface area (Å²) < 4.78 is 38.6. The molecule has 0 aromatic rings. The van der Waals surface area contributed by atoms with Crippen LogP contribution in [0.4, 0.5) is 0 Å². The van der Waals surface area contributed by atoms with E-state index in [4.69, 9.17) is 9.47 Å². The van der Waals surface area contributed by atoms with Crippen molar-refractivity contribution in [3.05, 3.63) is 0 Å². The number of nitrogens with zero attached hydrogens (tertiary/aromatic N) is 2. The first-order valence-electron chi connectivity index (χ1n) is 6.93. The van der Waals surface area contributed by atoms with E-state index in [1.807, 2.05) is 13.8 Å². The van der Waals surface area contributed by atoms with Crippen LogP contribution in [0.2, 0.25) is 0 Å². The molecule has 0 radical (unpaired) electrons. The van der Waals surface area contributed by atoms with Gasteiger partial charge in [0.1, 0.15) is 0 Å². The average Bonchev–Trinajstić information content (AvgIpc) is 2.41. The second-order valence-electron chi connectivity index (χ2n) is 4.99. The third-order valence-corrected chi connectivity index (χ3v) is 5.81. The molecular formula is C12H27N3O4S. The maximum absolute atomic E-state index is 12.8. The number of hydrogen-bond donors (Lipinski definition) is 1. The van der Waals surface area contributed by atoms with Crippen LogP contribution >= 0.6 is 0 Å². The first kappa shape index (κ1) is 17.8. The molecule has 7 nitrogen and oxygen atoms in total. The van der Waals surface area contributed by atoms with Crippen LogP contribution in [0.5, 0.6) is 0 Å². The SMILES string of the molecule is COCCN(CCOC)S(=O)(=O)N1CCNC(C)C1C. The summed E-state index contributed by atoms with van der Waals surface area (Å²) in [6.45, 7) is 6.52. The highest BCUT2D eigenvalue weighted by atomic mass is 32.2. The van der Waals surface area contributed by atoms with Crippen molar-refractivity contribution in [1.82, 2.24) is 13.9 Å². The highest BCUT2D eigenvalue weighted by Crippen LogP contribution is 2.17. The second kappa shape index (κ2) is 8.26. The number of methoxy groups -OCH3 is 2. The van der Waals surface area contributed by atoms with Crippen molar-refractivity contribution < 1.29 is 17.9 Å². The zero-order chi connectivity index (χ0) is 15.2. The van der Waals surface area contributed by atoms with Gasteiger partial charge < -0.3 is 14.8 Å². The molecular weight excluding hydrogens is 282 g/mol. The van der Waals surface area contributed by atoms with Crippen molar-refractivity contribution in [2.24, 2.45) is 0 Å². The first-order chi connectivity index (χ1) is 9.45. The Labute approximate surface area is 122 Å². The average molecular weight is 309 g/mol. The van der Waals surface area contributed by atoms with Gasteiger partial charge in [-0.25, -0.2) is 0 Å². The second-order valence-corrected chi connectivity index (χ2v) is 6.87. The standard InChI is InChI=1S/C12H27N3O4S/c1-11-12(2)15(6-5-13-11)20(16,17)14(7-9-18-3)8-10-19-4/h11-13H,5-10H2,1-4H3. The van der Waals surface area contributed by atoms with Gasteiger partial charge in [0.2, 0.25) is 0 Å². The molecule has 0 aromatic heterocycles. The van der Waals surface area contributed by atoms with E-state index >= 15 is 0 Å². The summed E-state index contributed by atoms with van der Waals surface area (Å²) in [6.07, 6.45) is 0. The van der Waals surface area contributed by atoms with E-state index in [0.29, 0.717) is 39.4 Å². The van der Waals surface area contributed by atoms with Gasteiger partial charge >= 0.3 is 0 Å². The summed E-state index contributed by atoms with van der Waals surface area (Å²) >= 11 is 0. The van der Waals surface area contributed by atoms with Crippen LogP contribution in [-0.4, -0.2) is 82.7 Å². The van der Waals surface area contributed by atoms with Gasteiger partial charge in [0.15, 0.2) is 0 Å². The molecule has 2 atom stereocenters. The molecule has 0 spiro atoms. The third-order valence-electron chi connectivity index (χ3n) is 3.69. The van der Waals surface area contributed by atoms with E-state index < -0.39 is 10.2 Å². The summed E-state index contributed by atoms with van der Waals surface area (Å²) in [5.74, 6) is 0. The molecule has 1 aliphatic rings. The molecule has 1 heterocycles. The number of piperazine rings is 1. The highest BCUT2D eigenvalue weighted by Gasteiger charge is 2.36. The Hall–Kier alpha value is -0.250. The summed E-state index contributed by atoms with van der Waals surface area (Å²) in [5.41, 5.74) is 0. The summed E-state index contributed by atoms with van der Waals surface area (Å²) in [7, 11) is -0.352. The number of rotatable bonds is 8. The lowest BCUT2D eigenvalue weighted by molar-refractivity contribution is 0.141. The molecule has 0 aromatic carbocycles. The molecule has 120 valence electrons. The zero-order valence-electron chi connectivity index (χ0n) is 12.8. The molecule has 1 rings (SSSR count). The summed E-state index contributed by atoms with van der Waals surface area (Å²) in [6, 6.07) is 0.0755. The molecule has 0 amide bonds. The molecule has 1 saturated heterocycles. The third kappa shape index (κ3) is 4.37. The van der Waals surface area contributed by atoms with Crippen molar-refractivity contribution in [2.75, 3.05) is 53.6 Å². The number of nitrogens with one attached hydrogen (secondary N) is 1. The summed E-state index contributed by atoms with van der Waals surface area (Å²) in [5, 5.41) is 3.29. The fraction of sp³-hybridized carbons (Fsp3) is 1.00. The molecule has 0 aliphatic carbocycles. The zero-order valence-corrected chi connectivity index (χ0v) is 13.6. The highest BCUT2D eigenvalue weighted by molar-refractivity contribution is 7.86. The molecule has 1 N–H and O–H groups in total. The predicted octanol–water partition coefficient (Wildman–Crippen LogP) is -0.492. The van der Waals surface area contributed by atoms with Crippen molar-refractivity contribution in [2.45, 2.75) is 25.9 Å². The topological polar surface area (TPSA) is 71.1 Å². The van der Waals surface area contributed by atoms with Crippen molar-refractivity contribution >= 4 is 10.2 Å². The van der Waals surface area contributed by atoms with Gasteiger partial charge in [0.05, 0.1) is 13.2 Å². The Kier molecular flexibility index (Phi) is 7.35. The van der Waals surface area contributed by atoms with Crippen LogP contribution in [0, 0.1) is 0 Å².